The maximum atomic E-state index is 12.0. The molecule has 0 aliphatic rings. The van der Waals surface area contributed by atoms with Crippen LogP contribution in [-0.2, 0) is 5.41 Å². The van der Waals surface area contributed by atoms with E-state index >= 15 is 0 Å². The van der Waals surface area contributed by atoms with Crippen molar-refractivity contribution >= 4 is 5.78 Å². The van der Waals surface area contributed by atoms with Gasteiger partial charge in [0.05, 0.1) is 19.2 Å². The number of ketones is 1. The fourth-order valence-corrected chi connectivity index (χ4v) is 2.88. The Hall–Kier alpha value is -1.35. The smallest absolute Gasteiger partial charge is 0.180 e. The lowest BCUT2D eigenvalue weighted by Crippen LogP contribution is -2.25. The first-order valence-electron chi connectivity index (χ1n) is 7.02. The molecule has 1 aromatic rings. The Kier molecular flexibility index (Phi) is 4.98. The van der Waals surface area contributed by atoms with Gasteiger partial charge in [0.1, 0.15) is 5.75 Å². The summed E-state index contributed by atoms with van der Waals surface area (Å²) in [7, 11) is 1.57. The number of nitrogens with two attached hydrogens (primary N) is 1. The highest BCUT2D eigenvalue weighted by atomic mass is 16.5. The molecule has 3 nitrogen and oxygen atoms in total. The van der Waals surface area contributed by atoms with Gasteiger partial charge < -0.3 is 10.5 Å². The van der Waals surface area contributed by atoms with Crippen LogP contribution in [0.25, 0.3) is 0 Å². The minimum atomic E-state index is -0.0877. The number of carbonyl (C=O) groups excluding carboxylic acids is 1. The molecule has 0 aliphatic carbocycles. The Labute approximate surface area is 122 Å². The van der Waals surface area contributed by atoms with E-state index in [-0.39, 0.29) is 23.2 Å². The predicted octanol–water partition coefficient (Wildman–Crippen LogP) is 3.55. The molecule has 0 bridgehead atoms. The molecule has 0 radical (unpaired) electrons. The van der Waals surface area contributed by atoms with Gasteiger partial charge in [0, 0.05) is 0 Å². The maximum Gasteiger partial charge on any atom is 0.180 e. The largest absolute Gasteiger partial charge is 0.496 e. The van der Waals surface area contributed by atoms with E-state index < -0.39 is 0 Å². The summed E-state index contributed by atoms with van der Waals surface area (Å²) < 4.78 is 5.26. The van der Waals surface area contributed by atoms with E-state index in [0.717, 1.165) is 12.0 Å². The van der Waals surface area contributed by atoms with Gasteiger partial charge in [0.25, 0.3) is 0 Å². The van der Waals surface area contributed by atoms with E-state index in [1.54, 1.807) is 7.11 Å². The molecule has 20 heavy (non-hydrogen) atoms. The number of benzene rings is 1. The molecule has 0 unspecified atom stereocenters. The van der Waals surface area contributed by atoms with Crippen molar-refractivity contribution in [3.05, 3.63) is 29.3 Å². The third kappa shape index (κ3) is 4.07. The van der Waals surface area contributed by atoms with E-state index in [9.17, 15) is 4.79 Å². The number of hydrogen-bond acceptors (Lipinski definition) is 3. The van der Waals surface area contributed by atoms with Gasteiger partial charge in [-0.25, -0.2) is 0 Å². The van der Waals surface area contributed by atoms with Crippen molar-refractivity contribution in [3.63, 3.8) is 0 Å². The first-order chi connectivity index (χ1) is 9.10. The number of hydrogen-bond donors (Lipinski definition) is 1. The van der Waals surface area contributed by atoms with Crippen molar-refractivity contribution in [1.82, 2.24) is 0 Å². The van der Waals surface area contributed by atoms with Crippen LogP contribution in [0.15, 0.2) is 18.2 Å². The van der Waals surface area contributed by atoms with Gasteiger partial charge >= 0.3 is 0 Å². The summed E-state index contributed by atoms with van der Waals surface area (Å²) in [6.45, 7) is 11.1. The standard InChI is InChI=1S/C17H27NO2/c1-16(2,3)11-17(4,5)12-7-8-15(20-6)13(9-12)14(19)10-18/h7-9H,10-11,18H2,1-6H3. The fourth-order valence-electron chi connectivity index (χ4n) is 2.88. The van der Waals surface area contributed by atoms with Crippen molar-refractivity contribution in [2.24, 2.45) is 11.1 Å². The SMILES string of the molecule is COc1ccc(C(C)(C)CC(C)(C)C)cc1C(=O)CN. The van der Waals surface area contributed by atoms with Gasteiger partial charge in [0.15, 0.2) is 5.78 Å². The van der Waals surface area contributed by atoms with Crippen LogP contribution in [-0.4, -0.2) is 19.4 Å². The minimum Gasteiger partial charge on any atom is -0.496 e. The molecule has 0 spiro atoms. The second-order valence-electron chi connectivity index (χ2n) is 7.16. The molecule has 1 rings (SSSR count). The van der Waals surface area contributed by atoms with Gasteiger partial charge in [-0.2, -0.15) is 0 Å². The Morgan fingerprint density at radius 1 is 1.20 bits per heavy atom. The second-order valence-corrected chi connectivity index (χ2v) is 7.16. The zero-order chi connectivity index (χ0) is 15.6. The van der Waals surface area contributed by atoms with Crippen molar-refractivity contribution in [3.8, 4) is 5.75 Å². The molecule has 0 amide bonds. The molecule has 0 aliphatic heterocycles. The Balaban J connectivity index is 3.23. The molecule has 3 heteroatoms. The summed E-state index contributed by atoms with van der Waals surface area (Å²) in [5, 5.41) is 0. The van der Waals surface area contributed by atoms with Crippen LogP contribution in [0.4, 0.5) is 0 Å². The minimum absolute atomic E-state index is 0.000483. The van der Waals surface area contributed by atoms with Crippen molar-refractivity contribution in [2.45, 2.75) is 46.5 Å². The normalized spacial score (nSPS) is 12.3. The molecular weight excluding hydrogens is 250 g/mol. The highest BCUT2D eigenvalue weighted by Crippen LogP contribution is 2.37. The van der Waals surface area contributed by atoms with Crippen LogP contribution in [0.1, 0.15) is 57.0 Å². The molecule has 0 fully saturated rings. The topological polar surface area (TPSA) is 52.3 Å². The lowest BCUT2D eigenvalue weighted by atomic mass is 9.72. The fraction of sp³-hybridized carbons (Fsp3) is 0.588. The molecule has 0 aromatic heterocycles. The highest BCUT2D eigenvalue weighted by molar-refractivity contribution is 6.00. The maximum absolute atomic E-state index is 12.0. The molecule has 2 N–H and O–H groups in total. The molecular formula is C17H27NO2. The van der Waals surface area contributed by atoms with Crippen LogP contribution in [0.3, 0.4) is 0 Å². The number of carbonyl (C=O) groups is 1. The highest BCUT2D eigenvalue weighted by Gasteiger charge is 2.28. The van der Waals surface area contributed by atoms with Gasteiger partial charge in [-0.3, -0.25) is 4.79 Å². The van der Waals surface area contributed by atoms with Gasteiger partial charge in [-0.05, 0) is 34.9 Å². The average molecular weight is 277 g/mol. The van der Waals surface area contributed by atoms with Gasteiger partial charge in [-0.15, -0.1) is 0 Å². The Morgan fingerprint density at radius 2 is 1.80 bits per heavy atom. The molecule has 0 saturated carbocycles. The molecule has 0 saturated heterocycles. The van der Waals surface area contributed by atoms with Crippen molar-refractivity contribution in [2.75, 3.05) is 13.7 Å². The molecule has 0 heterocycles. The molecule has 1 aromatic carbocycles. The summed E-state index contributed by atoms with van der Waals surface area (Å²) in [4.78, 5) is 12.0. The van der Waals surface area contributed by atoms with Crippen LogP contribution in [0.5, 0.6) is 5.75 Å². The van der Waals surface area contributed by atoms with Crippen molar-refractivity contribution in [1.29, 1.82) is 0 Å². The Morgan fingerprint density at radius 3 is 2.25 bits per heavy atom. The second kappa shape index (κ2) is 5.96. The van der Waals surface area contributed by atoms with Crippen LogP contribution < -0.4 is 10.5 Å². The first-order valence-corrected chi connectivity index (χ1v) is 7.02. The van der Waals surface area contributed by atoms with Crippen LogP contribution >= 0.6 is 0 Å². The number of rotatable bonds is 5. The monoisotopic (exact) mass is 277 g/mol. The zero-order valence-electron chi connectivity index (χ0n) is 13.5. The first kappa shape index (κ1) is 16.7. The van der Waals surface area contributed by atoms with E-state index in [0.29, 0.717) is 11.3 Å². The lowest BCUT2D eigenvalue weighted by molar-refractivity contribution is 0.0998. The zero-order valence-corrected chi connectivity index (χ0v) is 13.5. The van der Waals surface area contributed by atoms with Crippen LogP contribution in [0, 0.1) is 5.41 Å². The predicted molar refractivity (Wildman–Crippen MR) is 83.5 cm³/mol. The third-order valence-electron chi connectivity index (χ3n) is 3.44. The third-order valence-corrected chi connectivity index (χ3v) is 3.44. The average Bonchev–Trinajstić information content (AvgIpc) is 2.34. The molecule has 0 atom stereocenters. The van der Waals surface area contributed by atoms with Gasteiger partial charge in [-0.1, -0.05) is 40.7 Å². The number of ether oxygens (including phenoxy) is 1. The van der Waals surface area contributed by atoms with E-state index in [4.69, 9.17) is 10.5 Å². The summed E-state index contributed by atoms with van der Waals surface area (Å²) in [6.07, 6.45) is 1.03. The van der Waals surface area contributed by atoms with E-state index in [2.05, 4.69) is 34.6 Å². The quantitative estimate of drug-likeness (QED) is 0.837. The van der Waals surface area contributed by atoms with E-state index in [1.807, 2.05) is 18.2 Å². The number of Topliss-reactive ketones (excluding diaryl/α,β-unsaturated/α-hetero) is 1. The van der Waals surface area contributed by atoms with Crippen molar-refractivity contribution < 1.29 is 9.53 Å². The van der Waals surface area contributed by atoms with Crippen LogP contribution in [0.2, 0.25) is 0 Å². The van der Waals surface area contributed by atoms with E-state index in [1.165, 1.54) is 0 Å². The number of methoxy groups -OCH3 is 1. The molecule has 112 valence electrons. The summed E-state index contributed by atoms with van der Waals surface area (Å²) >= 11 is 0. The Bertz CT molecular complexity index is 484. The lowest BCUT2D eigenvalue weighted by Gasteiger charge is -2.33. The summed E-state index contributed by atoms with van der Waals surface area (Å²) in [6, 6.07) is 5.83. The summed E-state index contributed by atoms with van der Waals surface area (Å²) in [5.41, 5.74) is 7.42. The van der Waals surface area contributed by atoms with Gasteiger partial charge in [0.2, 0.25) is 0 Å². The summed E-state index contributed by atoms with van der Waals surface area (Å²) in [5.74, 6) is 0.506.